The van der Waals surface area contributed by atoms with Crippen LogP contribution < -0.4 is 9.47 Å². The Bertz CT molecular complexity index is 999. The first-order valence-electron chi connectivity index (χ1n) is 7.85. The van der Waals surface area contributed by atoms with Gasteiger partial charge in [-0.25, -0.2) is 0 Å². The van der Waals surface area contributed by atoms with Crippen LogP contribution in [0.25, 0.3) is 11.5 Å². The monoisotopic (exact) mass is 444 g/mol. The molecule has 0 bridgehead atoms. The third-order valence-corrected chi connectivity index (χ3v) is 4.98. The normalized spacial score (nSPS) is 13.4. The fourth-order valence-electron chi connectivity index (χ4n) is 2.63. The van der Waals surface area contributed by atoms with E-state index in [0.29, 0.717) is 28.6 Å². The SMILES string of the molecule is Cc1c(Br)c(C(F)(F)F)nn1CCc1nnc(-c2ccc3c(c2)OCO3)o1. The van der Waals surface area contributed by atoms with E-state index in [1.807, 2.05) is 0 Å². The molecule has 0 saturated carbocycles. The number of alkyl halides is 3. The zero-order valence-electron chi connectivity index (χ0n) is 13.9. The van der Waals surface area contributed by atoms with Crippen molar-refractivity contribution in [2.24, 2.45) is 0 Å². The molecule has 0 spiro atoms. The topological polar surface area (TPSA) is 75.2 Å². The number of benzene rings is 1. The second kappa shape index (κ2) is 6.55. The number of hydrogen-bond donors (Lipinski definition) is 0. The first-order valence-corrected chi connectivity index (χ1v) is 8.65. The van der Waals surface area contributed by atoms with Gasteiger partial charge in [0.15, 0.2) is 17.2 Å². The van der Waals surface area contributed by atoms with E-state index in [2.05, 4.69) is 31.2 Å². The van der Waals surface area contributed by atoms with Crippen LogP contribution in [-0.2, 0) is 19.1 Å². The molecule has 7 nitrogen and oxygen atoms in total. The highest BCUT2D eigenvalue weighted by molar-refractivity contribution is 9.10. The third-order valence-electron chi connectivity index (χ3n) is 4.03. The molecule has 142 valence electrons. The van der Waals surface area contributed by atoms with Crippen LogP contribution in [0.2, 0.25) is 0 Å². The van der Waals surface area contributed by atoms with Crippen LogP contribution >= 0.6 is 15.9 Å². The van der Waals surface area contributed by atoms with Crippen LogP contribution in [0, 0.1) is 6.92 Å². The number of fused-ring (bicyclic) bond motifs is 1. The van der Waals surface area contributed by atoms with Gasteiger partial charge >= 0.3 is 6.18 Å². The Morgan fingerprint density at radius 1 is 1.19 bits per heavy atom. The van der Waals surface area contributed by atoms with E-state index < -0.39 is 11.9 Å². The predicted molar refractivity (Wildman–Crippen MR) is 89.2 cm³/mol. The summed E-state index contributed by atoms with van der Waals surface area (Å²) in [4.78, 5) is 0. The van der Waals surface area contributed by atoms with Gasteiger partial charge in [0, 0.05) is 18.5 Å². The van der Waals surface area contributed by atoms with Crippen LogP contribution in [-0.4, -0.2) is 26.8 Å². The summed E-state index contributed by atoms with van der Waals surface area (Å²) in [7, 11) is 0. The fraction of sp³-hybridized carbons (Fsp3) is 0.312. The average molecular weight is 445 g/mol. The molecule has 3 aromatic rings. The van der Waals surface area contributed by atoms with Gasteiger partial charge in [-0.2, -0.15) is 18.3 Å². The number of aryl methyl sites for hydroxylation is 2. The van der Waals surface area contributed by atoms with Gasteiger partial charge in [0.2, 0.25) is 18.6 Å². The molecule has 1 aromatic carbocycles. The van der Waals surface area contributed by atoms with Crippen molar-refractivity contribution in [1.82, 2.24) is 20.0 Å². The average Bonchev–Trinajstić information content (AvgIpc) is 3.33. The molecule has 11 heteroatoms. The van der Waals surface area contributed by atoms with Gasteiger partial charge in [0.25, 0.3) is 0 Å². The standard InChI is InChI=1S/C16H12BrF3N4O3/c1-8-13(17)14(16(18,19)20)23-24(8)5-4-12-21-22-15(27-12)9-2-3-10-11(6-9)26-7-25-10/h2-3,6H,4-5,7H2,1H3. The van der Waals surface area contributed by atoms with Crippen molar-refractivity contribution in [2.75, 3.05) is 6.79 Å². The fourth-order valence-corrected chi connectivity index (χ4v) is 3.13. The molecular weight excluding hydrogens is 433 g/mol. The summed E-state index contributed by atoms with van der Waals surface area (Å²) >= 11 is 2.95. The Balaban J connectivity index is 1.49. The van der Waals surface area contributed by atoms with Crippen molar-refractivity contribution < 1.29 is 27.1 Å². The summed E-state index contributed by atoms with van der Waals surface area (Å²) in [6.07, 6.45) is -4.28. The van der Waals surface area contributed by atoms with Crippen molar-refractivity contribution in [1.29, 1.82) is 0 Å². The number of ether oxygens (including phenoxy) is 2. The Hall–Kier alpha value is -2.56. The van der Waals surface area contributed by atoms with Crippen molar-refractivity contribution in [3.05, 3.63) is 40.0 Å². The largest absolute Gasteiger partial charge is 0.454 e. The quantitative estimate of drug-likeness (QED) is 0.605. The van der Waals surface area contributed by atoms with Crippen molar-refractivity contribution in [2.45, 2.75) is 26.1 Å². The number of hydrogen-bond acceptors (Lipinski definition) is 6. The van der Waals surface area contributed by atoms with E-state index in [0.717, 1.165) is 0 Å². The molecule has 2 aromatic heterocycles. The minimum Gasteiger partial charge on any atom is -0.454 e. The second-order valence-corrected chi connectivity index (χ2v) is 6.58. The lowest BCUT2D eigenvalue weighted by molar-refractivity contribution is -0.142. The smallest absolute Gasteiger partial charge is 0.436 e. The van der Waals surface area contributed by atoms with Crippen LogP contribution in [0.3, 0.4) is 0 Å². The zero-order valence-corrected chi connectivity index (χ0v) is 15.5. The number of halogens is 4. The number of aromatic nitrogens is 4. The Kier molecular flexibility index (Phi) is 4.33. The van der Waals surface area contributed by atoms with Gasteiger partial charge in [-0.05, 0) is 41.1 Å². The minimum atomic E-state index is -4.52. The molecule has 1 aliphatic rings. The van der Waals surface area contributed by atoms with Gasteiger partial charge in [0.1, 0.15) is 0 Å². The van der Waals surface area contributed by atoms with E-state index in [4.69, 9.17) is 13.9 Å². The Morgan fingerprint density at radius 2 is 1.96 bits per heavy atom. The number of nitrogens with zero attached hydrogens (tertiary/aromatic N) is 4. The lowest BCUT2D eigenvalue weighted by Gasteiger charge is -2.02. The summed E-state index contributed by atoms with van der Waals surface area (Å²) in [6.45, 7) is 1.88. The predicted octanol–water partition coefficient (Wildman–Crippen LogP) is 3.99. The molecular formula is C16H12BrF3N4O3. The maximum Gasteiger partial charge on any atom is 0.436 e. The van der Waals surface area contributed by atoms with E-state index in [9.17, 15) is 13.2 Å². The highest BCUT2D eigenvalue weighted by atomic mass is 79.9. The first-order chi connectivity index (χ1) is 12.8. The highest BCUT2D eigenvalue weighted by Gasteiger charge is 2.37. The molecule has 27 heavy (non-hydrogen) atoms. The molecule has 0 amide bonds. The van der Waals surface area contributed by atoms with Gasteiger partial charge < -0.3 is 13.9 Å². The van der Waals surface area contributed by atoms with Crippen LogP contribution in [0.15, 0.2) is 27.1 Å². The van der Waals surface area contributed by atoms with Gasteiger partial charge in [-0.3, -0.25) is 4.68 Å². The third kappa shape index (κ3) is 3.38. The van der Waals surface area contributed by atoms with Crippen LogP contribution in [0.1, 0.15) is 17.3 Å². The van der Waals surface area contributed by atoms with Crippen LogP contribution in [0.4, 0.5) is 13.2 Å². The zero-order chi connectivity index (χ0) is 19.2. The molecule has 0 unspecified atom stereocenters. The molecule has 3 heterocycles. The van der Waals surface area contributed by atoms with Gasteiger partial charge in [-0.1, -0.05) is 0 Å². The Morgan fingerprint density at radius 3 is 2.70 bits per heavy atom. The molecule has 0 aliphatic carbocycles. The second-order valence-electron chi connectivity index (χ2n) is 5.79. The molecule has 0 N–H and O–H groups in total. The van der Waals surface area contributed by atoms with Gasteiger partial charge in [0.05, 0.1) is 10.2 Å². The maximum atomic E-state index is 12.9. The molecule has 1 aliphatic heterocycles. The summed E-state index contributed by atoms with van der Waals surface area (Å²) in [6, 6.07) is 5.23. The Labute approximate surface area is 159 Å². The molecule has 0 atom stereocenters. The molecule has 0 radical (unpaired) electrons. The van der Waals surface area contributed by atoms with Crippen LogP contribution in [0.5, 0.6) is 11.5 Å². The van der Waals surface area contributed by atoms with E-state index in [-0.39, 0.29) is 30.1 Å². The lowest BCUT2D eigenvalue weighted by Crippen LogP contribution is -2.10. The summed E-state index contributed by atoms with van der Waals surface area (Å²) < 4.78 is 56.1. The van der Waals surface area contributed by atoms with E-state index in [1.54, 1.807) is 25.1 Å². The first kappa shape index (κ1) is 17.8. The molecule has 4 rings (SSSR count). The molecule has 0 fully saturated rings. The molecule has 0 saturated heterocycles. The number of rotatable bonds is 4. The summed E-state index contributed by atoms with van der Waals surface area (Å²) in [5, 5.41) is 11.5. The maximum absolute atomic E-state index is 12.9. The van der Waals surface area contributed by atoms with E-state index >= 15 is 0 Å². The lowest BCUT2D eigenvalue weighted by atomic mass is 10.2. The summed E-state index contributed by atoms with van der Waals surface area (Å²) in [5.74, 6) is 1.81. The van der Waals surface area contributed by atoms with Crippen molar-refractivity contribution in [3.63, 3.8) is 0 Å². The van der Waals surface area contributed by atoms with Crippen molar-refractivity contribution >= 4 is 15.9 Å². The van der Waals surface area contributed by atoms with Gasteiger partial charge in [-0.15, -0.1) is 10.2 Å². The minimum absolute atomic E-state index is 0.0680. The summed E-state index contributed by atoms with van der Waals surface area (Å²) in [5.41, 5.74) is 0.0831. The van der Waals surface area contributed by atoms with E-state index in [1.165, 1.54) is 4.68 Å². The van der Waals surface area contributed by atoms with Crippen molar-refractivity contribution in [3.8, 4) is 23.0 Å². The highest BCUT2D eigenvalue weighted by Crippen LogP contribution is 2.36.